The zero-order valence-corrected chi connectivity index (χ0v) is 26.4. The van der Waals surface area contributed by atoms with E-state index in [1.54, 1.807) is 0 Å². The molecule has 8 heteroatoms. The molecule has 2 rings (SSSR count). The van der Waals surface area contributed by atoms with Gasteiger partial charge in [0, 0.05) is 13.1 Å². The normalized spacial score (nSPS) is 10.0. The molecule has 0 unspecified atom stereocenters. The fourth-order valence-corrected chi connectivity index (χ4v) is 4.11. The Bertz CT molecular complexity index is 621. The highest BCUT2D eigenvalue weighted by Gasteiger charge is 1.95. The van der Waals surface area contributed by atoms with Crippen LogP contribution in [0.5, 0.6) is 0 Å². The van der Waals surface area contributed by atoms with Gasteiger partial charge < -0.3 is 21.3 Å². The Morgan fingerprint density at radius 2 is 0.579 bits per heavy atom. The van der Waals surface area contributed by atoms with Gasteiger partial charge in [-0.3, -0.25) is 0 Å². The second kappa shape index (κ2) is 32.7. The first-order valence-corrected chi connectivity index (χ1v) is 13.9. The van der Waals surface area contributed by atoms with E-state index in [4.69, 9.17) is 0 Å². The predicted octanol–water partition coefficient (Wildman–Crippen LogP) is 7.33. The minimum atomic E-state index is 0. The van der Waals surface area contributed by atoms with Crippen LogP contribution in [0.15, 0.2) is 60.7 Å². The van der Waals surface area contributed by atoms with Gasteiger partial charge in [0.05, 0.1) is 0 Å². The third kappa shape index (κ3) is 25.7. The van der Waals surface area contributed by atoms with Crippen LogP contribution in [0.2, 0.25) is 0 Å². The van der Waals surface area contributed by atoms with Crippen LogP contribution in [0.4, 0.5) is 0 Å². The average Bonchev–Trinajstić information content (AvgIpc) is 2.88. The molecule has 4 N–H and O–H groups in total. The van der Waals surface area contributed by atoms with Gasteiger partial charge in [0.25, 0.3) is 0 Å². The maximum Gasteiger partial charge on any atom is 0.0205 e. The van der Waals surface area contributed by atoms with Gasteiger partial charge in [0.15, 0.2) is 0 Å². The number of nitrogens with one attached hydrogen (secondary N) is 4. The van der Waals surface area contributed by atoms with Gasteiger partial charge in [-0.1, -0.05) is 86.3 Å². The van der Waals surface area contributed by atoms with Crippen molar-refractivity contribution < 1.29 is 0 Å². The van der Waals surface area contributed by atoms with Crippen LogP contribution in [0.25, 0.3) is 0 Å². The first kappa shape index (κ1) is 41.9. The summed E-state index contributed by atoms with van der Waals surface area (Å²) in [6.07, 6.45) is 13.2. The van der Waals surface area contributed by atoms with Crippen LogP contribution in [0.3, 0.4) is 0 Å². The molecule has 0 aliphatic carbocycles. The molecular weight excluding hydrogens is 558 g/mol. The van der Waals surface area contributed by atoms with E-state index in [9.17, 15) is 0 Å². The molecule has 0 amide bonds. The van der Waals surface area contributed by atoms with E-state index in [1.807, 2.05) is 0 Å². The molecule has 0 spiro atoms. The van der Waals surface area contributed by atoms with Crippen molar-refractivity contribution >= 4 is 49.6 Å². The third-order valence-electron chi connectivity index (χ3n) is 6.22. The predicted molar refractivity (Wildman–Crippen MR) is 177 cm³/mol. The lowest BCUT2D eigenvalue weighted by molar-refractivity contribution is 0.531. The van der Waals surface area contributed by atoms with E-state index in [0.717, 1.165) is 39.3 Å². The van der Waals surface area contributed by atoms with Crippen molar-refractivity contribution in [2.45, 2.75) is 77.3 Å². The molecular formula is C30H54Cl4N4. The second-order valence-corrected chi connectivity index (χ2v) is 9.36. The van der Waals surface area contributed by atoms with Crippen LogP contribution >= 0.6 is 49.6 Å². The highest BCUT2D eigenvalue weighted by Crippen LogP contribution is 2.04. The summed E-state index contributed by atoms with van der Waals surface area (Å²) in [7, 11) is 0. The summed E-state index contributed by atoms with van der Waals surface area (Å²) in [5.41, 5.74) is 2.74. The van der Waals surface area contributed by atoms with Crippen molar-refractivity contribution in [3.63, 3.8) is 0 Å². The van der Waals surface area contributed by atoms with Gasteiger partial charge >= 0.3 is 0 Å². The van der Waals surface area contributed by atoms with Gasteiger partial charge in [0.1, 0.15) is 0 Å². The maximum absolute atomic E-state index is 3.60. The first-order chi connectivity index (χ1) is 16.9. The molecule has 4 nitrogen and oxygen atoms in total. The lowest BCUT2D eigenvalue weighted by atomic mass is 10.1. The quantitative estimate of drug-likeness (QED) is 0.0993. The smallest absolute Gasteiger partial charge is 0.0205 e. The summed E-state index contributed by atoms with van der Waals surface area (Å²) in [5, 5.41) is 14.3. The molecule has 0 atom stereocenters. The lowest BCUT2D eigenvalue weighted by Gasteiger charge is -2.07. The highest BCUT2D eigenvalue weighted by atomic mass is 35.5. The van der Waals surface area contributed by atoms with Crippen LogP contribution < -0.4 is 21.3 Å². The summed E-state index contributed by atoms with van der Waals surface area (Å²) in [4.78, 5) is 0. The molecule has 0 fully saturated rings. The minimum absolute atomic E-state index is 0. The summed E-state index contributed by atoms with van der Waals surface area (Å²) in [6.45, 7) is 8.85. The van der Waals surface area contributed by atoms with Crippen molar-refractivity contribution in [3.8, 4) is 0 Å². The van der Waals surface area contributed by atoms with E-state index in [2.05, 4.69) is 81.9 Å². The lowest BCUT2D eigenvalue weighted by Crippen LogP contribution is -2.19. The topological polar surface area (TPSA) is 48.1 Å². The van der Waals surface area contributed by atoms with E-state index in [0.29, 0.717) is 0 Å². The molecule has 0 aromatic heterocycles. The van der Waals surface area contributed by atoms with Gasteiger partial charge in [0.2, 0.25) is 0 Å². The fraction of sp³-hybridized carbons (Fsp3) is 0.600. The van der Waals surface area contributed by atoms with Gasteiger partial charge in [-0.15, -0.1) is 49.6 Å². The van der Waals surface area contributed by atoms with E-state index in [1.165, 1.54) is 88.4 Å². The van der Waals surface area contributed by atoms with Crippen molar-refractivity contribution in [2.75, 3.05) is 39.3 Å². The van der Waals surface area contributed by atoms with Crippen molar-refractivity contribution in [1.82, 2.24) is 21.3 Å². The Balaban J connectivity index is -0.00000306. The zero-order valence-electron chi connectivity index (χ0n) is 23.1. The number of halogens is 4. The molecule has 0 aliphatic rings. The average molecular weight is 613 g/mol. The van der Waals surface area contributed by atoms with Crippen molar-refractivity contribution in [3.05, 3.63) is 71.8 Å². The molecule has 2 aromatic rings. The molecule has 0 radical (unpaired) electrons. The van der Waals surface area contributed by atoms with Crippen LogP contribution in [0, 0.1) is 0 Å². The van der Waals surface area contributed by atoms with Gasteiger partial charge in [-0.25, -0.2) is 0 Å². The number of benzene rings is 2. The van der Waals surface area contributed by atoms with Crippen LogP contribution in [-0.4, -0.2) is 39.3 Å². The number of unbranched alkanes of at least 4 members (excludes halogenated alkanes) is 7. The fourth-order valence-electron chi connectivity index (χ4n) is 4.11. The second-order valence-electron chi connectivity index (χ2n) is 9.36. The standard InChI is InChI=1S/C30H50N4.4ClH/c1(3-11-21-31-23-13-15-25-33-27-29-17-7-5-8-18-29)2-4-12-22-32-24-14-16-26-34-28-30-19-9-6-10-20-30;;;;/h5-10,17-20,31-34H,1-4,11-16,21-28H2;4*1H. The molecule has 0 aliphatic heterocycles. The largest absolute Gasteiger partial charge is 0.317 e. The third-order valence-corrected chi connectivity index (χ3v) is 6.22. The van der Waals surface area contributed by atoms with Crippen molar-refractivity contribution in [2.24, 2.45) is 0 Å². The number of hydrogen-bond donors (Lipinski definition) is 4. The summed E-state index contributed by atoms with van der Waals surface area (Å²) >= 11 is 0. The monoisotopic (exact) mass is 610 g/mol. The Morgan fingerprint density at radius 3 is 0.921 bits per heavy atom. The molecule has 222 valence electrons. The SMILES string of the molecule is Cl.Cl.Cl.Cl.c1ccc(CNCCCCNCCCCCCCCNCCCCNCc2ccccc2)cc1. The Morgan fingerprint density at radius 1 is 0.316 bits per heavy atom. The molecule has 0 saturated carbocycles. The molecule has 0 bridgehead atoms. The Labute approximate surface area is 258 Å². The molecule has 38 heavy (non-hydrogen) atoms. The Hall–Kier alpha value is -0.560. The Kier molecular flexibility index (Phi) is 36.0. The van der Waals surface area contributed by atoms with E-state index < -0.39 is 0 Å². The highest BCUT2D eigenvalue weighted by molar-refractivity contribution is 5.86. The number of hydrogen-bond acceptors (Lipinski definition) is 4. The summed E-state index contributed by atoms with van der Waals surface area (Å²) < 4.78 is 0. The summed E-state index contributed by atoms with van der Waals surface area (Å²) in [5.74, 6) is 0. The van der Waals surface area contributed by atoms with Crippen molar-refractivity contribution in [1.29, 1.82) is 0 Å². The maximum atomic E-state index is 3.60. The first-order valence-electron chi connectivity index (χ1n) is 13.9. The van der Waals surface area contributed by atoms with Crippen LogP contribution in [0.1, 0.15) is 75.3 Å². The molecule has 0 saturated heterocycles. The molecule has 0 heterocycles. The van der Waals surface area contributed by atoms with Gasteiger partial charge in [-0.05, 0) is 88.9 Å². The van der Waals surface area contributed by atoms with Crippen LogP contribution in [-0.2, 0) is 13.1 Å². The van der Waals surface area contributed by atoms with E-state index >= 15 is 0 Å². The van der Waals surface area contributed by atoms with Gasteiger partial charge in [-0.2, -0.15) is 0 Å². The number of rotatable bonds is 23. The zero-order chi connectivity index (χ0) is 23.8. The minimum Gasteiger partial charge on any atom is -0.317 e. The van der Waals surface area contributed by atoms with E-state index in [-0.39, 0.29) is 49.6 Å². The summed E-state index contributed by atoms with van der Waals surface area (Å²) in [6, 6.07) is 21.3. The molecule has 2 aromatic carbocycles.